The molecule has 0 aliphatic carbocycles. The van der Waals surface area contributed by atoms with Gasteiger partial charge in [0.1, 0.15) is 5.54 Å². The summed E-state index contributed by atoms with van der Waals surface area (Å²) in [6.45, 7) is 4.32. The van der Waals surface area contributed by atoms with Gasteiger partial charge in [-0.05, 0) is 30.5 Å². The van der Waals surface area contributed by atoms with Crippen LogP contribution in [0.5, 0.6) is 0 Å². The maximum absolute atomic E-state index is 12.8. The van der Waals surface area contributed by atoms with Gasteiger partial charge in [-0.25, -0.2) is 0 Å². The SMILES string of the molecule is Cn1cc(C(=O)NCCN2CCC3(CC2)C(=O)NCN3Cc2cccnc2)c2ccccc21. The van der Waals surface area contributed by atoms with Crippen LogP contribution >= 0.6 is 0 Å². The number of carbonyl (C=O) groups excluding carboxylic acids is 2. The van der Waals surface area contributed by atoms with Crippen LogP contribution in [0.25, 0.3) is 10.9 Å². The number of benzene rings is 1. The third-order valence-corrected chi connectivity index (χ3v) is 7.09. The lowest BCUT2D eigenvalue weighted by Crippen LogP contribution is -2.56. The van der Waals surface area contributed by atoms with Gasteiger partial charge in [0.05, 0.1) is 12.2 Å². The van der Waals surface area contributed by atoms with Gasteiger partial charge in [0.15, 0.2) is 0 Å². The van der Waals surface area contributed by atoms with Gasteiger partial charge in [-0.2, -0.15) is 0 Å². The van der Waals surface area contributed by atoms with Crippen LogP contribution in [0, 0.1) is 0 Å². The third-order valence-electron chi connectivity index (χ3n) is 7.09. The summed E-state index contributed by atoms with van der Waals surface area (Å²) in [5.74, 6) is 0.0911. The minimum Gasteiger partial charge on any atom is -0.351 e. The highest BCUT2D eigenvalue weighted by atomic mass is 16.2. The van der Waals surface area contributed by atoms with E-state index in [1.54, 1.807) is 6.20 Å². The molecule has 0 unspecified atom stereocenters. The molecule has 2 fully saturated rings. The van der Waals surface area contributed by atoms with E-state index in [-0.39, 0.29) is 11.8 Å². The van der Waals surface area contributed by atoms with Gasteiger partial charge < -0.3 is 20.1 Å². The number of amides is 2. The lowest BCUT2D eigenvalue weighted by Gasteiger charge is -2.42. The molecule has 3 aromatic rings. The minimum atomic E-state index is -0.446. The van der Waals surface area contributed by atoms with Crippen molar-refractivity contribution < 1.29 is 9.59 Å². The van der Waals surface area contributed by atoms with Crippen molar-refractivity contribution in [3.63, 3.8) is 0 Å². The Hall–Kier alpha value is -3.23. The molecular formula is C25H30N6O2. The lowest BCUT2D eigenvalue weighted by atomic mass is 9.86. The Morgan fingerprint density at radius 2 is 2.00 bits per heavy atom. The first-order valence-corrected chi connectivity index (χ1v) is 11.5. The predicted molar refractivity (Wildman–Crippen MR) is 126 cm³/mol. The number of aryl methyl sites for hydroxylation is 1. The van der Waals surface area contributed by atoms with E-state index in [9.17, 15) is 9.59 Å². The molecule has 0 bridgehead atoms. The van der Waals surface area contributed by atoms with Crippen LogP contribution in [-0.4, -0.2) is 69.6 Å². The summed E-state index contributed by atoms with van der Waals surface area (Å²) in [6.07, 6.45) is 7.10. The number of carbonyl (C=O) groups is 2. The fourth-order valence-electron chi connectivity index (χ4n) is 5.18. The molecule has 2 aromatic heterocycles. The quantitative estimate of drug-likeness (QED) is 0.603. The summed E-state index contributed by atoms with van der Waals surface area (Å²) in [7, 11) is 1.96. The molecule has 0 atom stereocenters. The summed E-state index contributed by atoms with van der Waals surface area (Å²) >= 11 is 0. The lowest BCUT2D eigenvalue weighted by molar-refractivity contribution is -0.129. The van der Waals surface area contributed by atoms with Gasteiger partial charge in [-0.1, -0.05) is 24.3 Å². The number of pyridine rings is 1. The molecule has 0 radical (unpaired) electrons. The van der Waals surface area contributed by atoms with Crippen LogP contribution in [0.4, 0.5) is 0 Å². The van der Waals surface area contributed by atoms with Crippen molar-refractivity contribution in [1.82, 2.24) is 30.0 Å². The Morgan fingerprint density at radius 1 is 1.18 bits per heavy atom. The van der Waals surface area contributed by atoms with Crippen molar-refractivity contribution in [3.8, 4) is 0 Å². The predicted octanol–water partition coefficient (Wildman–Crippen LogP) is 1.73. The summed E-state index contributed by atoms with van der Waals surface area (Å²) in [6, 6.07) is 11.9. The normalized spacial score (nSPS) is 18.6. The van der Waals surface area contributed by atoms with Crippen molar-refractivity contribution >= 4 is 22.7 Å². The first-order valence-electron chi connectivity index (χ1n) is 11.5. The van der Waals surface area contributed by atoms with Gasteiger partial charge in [-0.3, -0.25) is 19.5 Å². The van der Waals surface area contributed by atoms with E-state index >= 15 is 0 Å². The maximum atomic E-state index is 12.8. The topological polar surface area (TPSA) is 82.5 Å². The van der Waals surface area contributed by atoms with Crippen LogP contribution in [0.2, 0.25) is 0 Å². The van der Waals surface area contributed by atoms with E-state index in [1.165, 1.54) is 0 Å². The Balaban J connectivity index is 1.15. The number of para-hydroxylation sites is 1. The second-order valence-corrected chi connectivity index (χ2v) is 9.02. The Kier molecular flexibility index (Phi) is 5.86. The highest BCUT2D eigenvalue weighted by Gasteiger charge is 2.49. The van der Waals surface area contributed by atoms with Crippen LogP contribution in [0.3, 0.4) is 0 Å². The molecule has 2 amide bonds. The summed E-state index contributed by atoms with van der Waals surface area (Å²) < 4.78 is 1.98. The molecule has 8 heteroatoms. The number of hydrogen-bond acceptors (Lipinski definition) is 5. The molecule has 0 saturated carbocycles. The number of fused-ring (bicyclic) bond motifs is 1. The standard InChI is InChI=1S/C25H30N6O2/c1-29-17-21(20-6-2-3-7-22(20)29)23(32)27-11-14-30-12-8-25(9-13-30)24(33)28-18-31(25)16-19-5-4-10-26-15-19/h2-7,10,15,17H,8-9,11-14,16,18H2,1H3,(H,27,32)(H,28,33). The zero-order valence-electron chi connectivity index (χ0n) is 19.0. The summed E-state index contributed by atoms with van der Waals surface area (Å²) in [4.78, 5) is 34.3. The zero-order valence-corrected chi connectivity index (χ0v) is 19.0. The monoisotopic (exact) mass is 446 g/mol. The highest BCUT2D eigenvalue weighted by Crippen LogP contribution is 2.33. The first-order chi connectivity index (χ1) is 16.1. The third kappa shape index (κ3) is 4.12. The average Bonchev–Trinajstić information content (AvgIpc) is 3.33. The number of piperidine rings is 1. The first kappa shape index (κ1) is 21.6. The van der Waals surface area contributed by atoms with E-state index in [0.29, 0.717) is 25.3 Å². The van der Waals surface area contributed by atoms with Crippen LogP contribution in [0.1, 0.15) is 28.8 Å². The second-order valence-electron chi connectivity index (χ2n) is 9.02. The number of nitrogens with zero attached hydrogens (tertiary/aromatic N) is 4. The number of rotatable bonds is 6. The van der Waals surface area contributed by atoms with Gasteiger partial charge in [-0.15, -0.1) is 0 Å². The average molecular weight is 447 g/mol. The van der Waals surface area contributed by atoms with Crippen LogP contribution in [-0.2, 0) is 18.4 Å². The van der Waals surface area contributed by atoms with Crippen LogP contribution in [0.15, 0.2) is 55.0 Å². The fourth-order valence-corrected chi connectivity index (χ4v) is 5.18. The van der Waals surface area contributed by atoms with Crippen molar-refractivity contribution in [2.45, 2.75) is 24.9 Å². The number of nitrogens with one attached hydrogen (secondary N) is 2. The Morgan fingerprint density at radius 3 is 2.79 bits per heavy atom. The van der Waals surface area contributed by atoms with E-state index in [0.717, 1.165) is 48.9 Å². The van der Waals surface area contributed by atoms with Crippen molar-refractivity contribution in [1.29, 1.82) is 0 Å². The van der Waals surface area contributed by atoms with Crippen molar-refractivity contribution in [2.24, 2.45) is 7.05 Å². The van der Waals surface area contributed by atoms with Gasteiger partial charge in [0.25, 0.3) is 5.91 Å². The summed E-state index contributed by atoms with van der Waals surface area (Å²) in [5, 5.41) is 7.09. The number of hydrogen-bond donors (Lipinski definition) is 2. The van der Waals surface area contributed by atoms with E-state index in [4.69, 9.17) is 0 Å². The van der Waals surface area contributed by atoms with Gasteiger partial charge >= 0.3 is 0 Å². The molecule has 2 aliphatic rings. The molecule has 8 nitrogen and oxygen atoms in total. The molecule has 1 spiro atoms. The Labute approximate surface area is 193 Å². The highest BCUT2D eigenvalue weighted by molar-refractivity contribution is 6.06. The maximum Gasteiger partial charge on any atom is 0.253 e. The van der Waals surface area contributed by atoms with Crippen molar-refractivity contribution in [3.05, 3.63) is 66.1 Å². The zero-order chi connectivity index (χ0) is 22.8. The minimum absolute atomic E-state index is 0.0434. The molecule has 1 aromatic carbocycles. The molecule has 172 valence electrons. The molecule has 5 rings (SSSR count). The molecule has 2 aliphatic heterocycles. The fraction of sp³-hybridized carbons (Fsp3) is 0.400. The van der Waals surface area contributed by atoms with Gasteiger partial charge in [0, 0.05) is 69.3 Å². The van der Waals surface area contributed by atoms with Crippen molar-refractivity contribution in [2.75, 3.05) is 32.8 Å². The van der Waals surface area contributed by atoms with E-state index in [2.05, 4.69) is 31.5 Å². The smallest absolute Gasteiger partial charge is 0.253 e. The molecule has 2 saturated heterocycles. The molecule has 4 heterocycles. The molecule has 2 N–H and O–H groups in total. The van der Waals surface area contributed by atoms with Gasteiger partial charge in [0.2, 0.25) is 5.91 Å². The number of likely N-dealkylation sites (tertiary alicyclic amines) is 1. The summed E-state index contributed by atoms with van der Waals surface area (Å²) in [5.41, 5.74) is 2.43. The number of aromatic nitrogens is 2. The van der Waals surface area contributed by atoms with E-state index < -0.39 is 5.54 Å². The Bertz CT molecular complexity index is 1150. The second kappa shape index (κ2) is 8.96. The van der Waals surface area contributed by atoms with Crippen LogP contribution < -0.4 is 10.6 Å². The largest absolute Gasteiger partial charge is 0.351 e. The molecular weight excluding hydrogens is 416 g/mol. The molecule has 33 heavy (non-hydrogen) atoms. The van der Waals surface area contributed by atoms with E-state index in [1.807, 2.05) is 54.3 Å².